The number of halogens is 1. The highest BCUT2D eigenvalue weighted by Gasteiger charge is 2.22. The van der Waals surface area contributed by atoms with Crippen LogP contribution < -0.4 is 21.3 Å². The molecule has 0 bridgehead atoms. The van der Waals surface area contributed by atoms with Crippen molar-refractivity contribution >= 4 is 72.5 Å². The summed E-state index contributed by atoms with van der Waals surface area (Å²) in [4.78, 5) is 60.5. The zero-order chi connectivity index (χ0) is 45.7. The third-order valence-corrected chi connectivity index (χ3v) is 12.6. The maximum absolute atomic E-state index is 13.3. The van der Waals surface area contributed by atoms with E-state index in [0.717, 1.165) is 90.3 Å². The molecule has 0 spiro atoms. The summed E-state index contributed by atoms with van der Waals surface area (Å²) in [5.41, 5.74) is 5.57. The predicted octanol–water partition coefficient (Wildman–Crippen LogP) is 9.37. The summed E-state index contributed by atoms with van der Waals surface area (Å²) >= 11 is 3.50. The van der Waals surface area contributed by atoms with Gasteiger partial charge in [-0.25, -0.2) is 9.97 Å². The quantitative estimate of drug-likeness (QED) is 0.0822. The number of nitrogens with one attached hydrogen (secondary N) is 4. The SMILES string of the molecule is O=C(NCC1CCOCC1)c1ncccc1NC(=O)c1ccc(CBr)c2ccccc12.O=C(NCC1CCOCC1)c1ncccc1NC(=O)c1ccc(Cc2ccoc2)c2ccccc12. The van der Waals surface area contributed by atoms with Gasteiger partial charge >= 0.3 is 0 Å². The van der Waals surface area contributed by atoms with Gasteiger partial charge in [-0.1, -0.05) is 76.6 Å². The van der Waals surface area contributed by atoms with Crippen molar-refractivity contribution < 1.29 is 33.1 Å². The first-order chi connectivity index (χ1) is 32.4. The lowest BCUT2D eigenvalue weighted by Crippen LogP contribution is -2.33. The predicted molar refractivity (Wildman–Crippen MR) is 258 cm³/mol. The number of benzene rings is 4. The normalized spacial score (nSPS) is 14.2. The number of fused-ring (bicyclic) bond motifs is 2. The van der Waals surface area contributed by atoms with Crippen LogP contribution in [0.4, 0.5) is 11.4 Å². The molecule has 0 atom stereocenters. The number of pyridine rings is 2. The summed E-state index contributed by atoms with van der Waals surface area (Å²) in [5, 5.41) is 16.1. The van der Waals surface area contributed by atoms with E-state index in [-0.39, 0.29) is 35.0 Å². The Bertz CT molecular complexity index is 2800. The standard InChI is InChI=1S/C28H27N3O4.C24H24BrN3O3/c32-27(24-8-7-21(16-20-11-15-35-18-20)22-4-1-2-5-23(22)24)31-25-6-3-12-29-26(25)28(33)30-17-19-9-13-34-14-10-19;25-14-17-7-8-20(19-5-2-1-4-18(17)19)23(29)28-21-6-3-11-26-22(21)24(30)27-15-16-9-12-31-13-10-16/h1-8,11-12,15,18-19H,9-10,13-14,16-17H2,(H,30,33)(H,31,32);1-8,11,16H,9-10,12-15H2,(H,27,30)(H,28,29). The molecular weight excluding hydrogens is 901 g/mol. The summed E-state index contributed by atoms with van der Waals surface area (Å²) in [5.74, 6) is -0.360. The monoisotopic (exact) mass is 950 g/mol. The second-order valence-corrected chi connectivity index (χ2v) is 16.9. The average Bonchev–Trinajstić information content (AvgIpc) is 3.89. The van der Waals surface area contributed by atoms with Crippen LogP contribution in [0, 0.1) is 11.8 Å². The van der Waals surface area contributed by atoms with Gasteiger partial charge in [-0.2, -0.15) is 0 Å². The number of aromatic nitrogens is 2. The van der Waals surface area contributed by atoms with Crippen LogP contribution in [-0.2, 0) is 21.2 Å². The number of carbonyl (C=O) groups excluding carboxylic acids is 4. The third kappa shape index (κ3) is 11.4. The Labute approximate surface area is 391 Å². The second-order valence-electron chi connectivity index (χ2n) is 16.3. The van der Waals surface area contributed by atoms with Crippen molar-refractivity contribution in [3.8, 4) is 0 Å². The summed E-state index contributed by atoms with van der Waals surface area (Å²) < 4.78 is 16.0. The van der Waals surface area contributed by atoms with Gasteiger partial charge < -0.3 is 35.2 Å². The van der Waals surface area contributed by atoms with Crippen LogP contribution in [0.2, 0.25) is 0 Å². The number of carbonyl (C=O) groups is 4. The molecule has 0 unspecified atom stereocenters. The molecule has 14 heteroatoms. The molecule has 2 aliphatic heterocycles. The van der Waals surface area contributed by atoms with Crippen molar-refractivity contribution in [2.75, 3.05) is 50.2 Å². The lowest BCUT2D eigenvalue weighted by molar-refractivity contribution is 0.0642. The van der Waals surface area contributed by atoms with Crippen molar-refractivity contribution in [2.24, 2.45) is 11.8 Å². The van der Waals surface area contributed by atoms with Gasteiger partial charge in [-0.05, 0) is 118 Å². The second kappa shape index (κ2) is 22.4. The molecule has 2 aliphatic rings. The number of ether oxygens (including phenoxy) is 2. The van der Waals surface area contributed by atoms with E-state index in [1.165, 1.54) is 0 Å². The van der Waals surface area contributed by atoms with Crippen molar-refractivity contribution in [1.82, 2.24) is 20.6 Å². The molecule has 0 aliphatic carbocycles. The Morgan fingerprint density at radius 2 is 1.02 bits per heavy atom. The molecule has 338 valence electrons. The molecule has 66 heavy (non-hydrogen) atoms. The fourth-order valence-electron chi connectivity index (χ4n) is 8.30. The number of rotatable bonds is 13. The number of furan rings is 1. The molecule has 4 aromatic carbocycles. The van der Waals surface area contributed by atoms with E-state index in [0.29, 0.717) is 59.2 Å². The van der Waals surface area contributed by atoms with E-state index in [9.17, 15) is 19.2 Å². The lowest BCUT2D eigenvalue weighted by atomic mass is 9.95. The van der Waals surface area contributed by atoms with Crippen LogP contribution in [-0.4, -0.2) is 73.1 Å². The van der Waals surface area contributed by atoms with Crippen LogP contribution in [0.25, 0.3) is 21.5 Å². The Morgan fingerprint density at radius 3 is 1.48 bits per heavy atom. The number of hydrogen-bond acceptors (Lipinski definition) is 9. The zero-order valence-electron chi connectivity index (χ0n) is 36.4. The maximum Gasteiger partial charge on any atom is 0.272 e. The smallest absolute Gasteiger partial charge is 0.272 e. The minimum Gasteiger partial charge on any atom is -0.472 e. The first kappa shape index (κ1) is 45.8. The molecule has 4 amide bonds. The minimum atomic E-state index is -0.298. The van der Waals surface area contributed by atoms with Crippen LogP contribution in [0.3, 0.4) is 0 Å². The lowest BCUT2D eigenvalue weighted by Gasteiger charge is -2.22. The Hall–Kier alpha value is -6.74. The van der Waals surface area contributed by atoms with Gasteiger partial charge in [-0.3, -0.25) is 19.2 Å². The zero-order valence-corrected chi connectivity index (χ0v) is 38.0. The fraction of sp³-hybridized carbons (Fsp3) is 0.269. The van der Waals surface area contributed by atoms with Crippen LogP contribution in [0.5, 0.6) is 0 Å². The average molecular weight is 952 g/mol. The van der Waals surface area contributed by atoms with Crippen LogP contribution in [0.15, 0.2) is 132 Å². The van der Waals surface area contributed by atoms with Crippen molar-refractivity contribution in [1.29, 1.82) is 0 Å². The van der Waals surface area contributed by atoms with Gasteiger partial charge in [0.2, 0.25) is 0 Å². The fourth-order valence-corrected chi connectivity index (χ4v) is 8.79. The van der Waals surface area contributed by atoms with Crippen molar-refractivity contribution in [3.63, 3.8) is 0 Å². The summed E-state index contributed by atoms with van der Waals surface area (Å²) in [7, 11) is 0. The summed E-state index contributed by atoms with van der Waals surface area (Å²) in [6.45, 7) is 4.04. The van der Waals surface area contributed by atoms with E-state index >= 15 is 0 Å². The molecule has 0 saturated carbocycles. The highest BCUT2D eigenvalue weighted by atomic mass is 79.9. The first-order valence-corrected chi connectivity index (χ1v) is 23.3. The molecule has 13 nitrogen and oxygen atoms in total. The highest BCUT2D eigenvalue weighted by molar-refractivity contribution is 9.08. The maximum atomic E-state index is 13.3. The molecule has 2 saturated heterocycles. The molecule has 9 rings (SSSR count). The number of anilines is 2. The number of hydrogen-bond donors (Lipinski definition) is 4. The topological polar surface area (TPSA) is 174 Å². The van der Waals surface area contributed by atoms with Crippen molar-refractivity contribution in [2.45, 2.75) is 37.4 Å². The van der Waals surface area contributed by atoms with Gasteiger partial charge in [0.15, 0.2) is 11.4 Å². The molecule has 4 N–H and O–H groups in total. The minimum absolute atomic E-state index is 0.203. The van der Waals surface area contributed by atoms with Crippen LogP contribution in [0.1, 0.15) is 84.1 Å². The largest absolute Gasteiger partial charge is 0.472 e. The van der Waals surface area contributed by atoms with E-state index in [1.807, 2.05) is 78.9 Å². The molecule has 0 radical (unpaired) electrons. The molecule has 3 aromatic heterocycles. The number of alkyl halides is 1. The first-order valence-electron chi connectivity index (χ1n) is 22.2. The number of amides is 4. The van der Waals surface area contributed by atoms with Gasteiger partial charge in [0.05, 0.1) is 23.9 Å². The Balaban J connectivity index is 0.000000181. The Kier molecular flexibility index (Phi) is 15.6. The third-order valence-electron chi connectivity index (χ3n) is 12.0. The molecule has 7 aromatic rings. The molecule has 5 heterocycles. The molecule has 2 fully saturated rings. The van der Waals surface area contributed by atoms with E-state index in [1.54, 1.807) is 49.2 Å². The summed E-state index contributed by atoms with van der Waals surface area (Å²) in [6, 6.07) is 31.9. The van der Waals surface area contributed by atoms with E-state index < -0.39 is 0 Å². The van der Waals surface area contributed by atoms with Gasteiger partial charge in [0.1, 0.15) is 0 Å². The van der Waals surface area contributed by atoms with Crippen LogP contribution >= 0.6 is 15.9 Å². The highest BCUT2D eigenvalue weighted by Crippen LogP contribution is 2.28. The number of nitrogens with zero attached hydrogens (tertiary/aromatic N) is 2. The van der Waals surface area contributed by atoms with Crippen molar-refractivity contribution in [3.05, 3.63) is 167 Å². The molecular formula is C52H51BrN6O7. The Morgan fingerprint density at radius 1 is 0.545 bits per heavy atom. The van der Waals surface area contributed by atoms with Gasteiger partial charge in [0, 0.05) is 74.8 Å². The van der Waals surface area contributed by atoms with Gasteiger partial charge in [-0.15, -0.1) is 0 Å². The van der Waals surface area contributed by atoms with Gasteiger partial charge in [0.25, 0.3) is 23.6 Å². The van der Waals surface area contributed by atoms with E-state index in [4.69, 9.17) is 13.9 Å². The van der Waals surface area contributed by atoms with E-state index in [2.05, 4.69) is 47.2 Å². The summed E-state index contributed by atoms with van der Waals surface area (Å²) in [6.07, 6.45) is 10.9.